The molecule has 1 atom stereocenters. The maximum absolute atomic E-state index is 14.0. The molecule has 0 nitrogen and oxygen atoms in total. The molecule has 0 aromatic carbocycles. The summed E-state index contributed by atoms with van der Waals surface area (Å²) in [7, 11) is 0. The van der Waals surface area contributed by atoms with Crippen molar-refractivity contribution in [3.63, 3.8) is 0 Å². The second kappa shape index (κ2) is 9.38. The first kappa shape index (κ1) is 31.7. The zero-order chi connectivity index (χ0) is 26.2. The third-order valence-corrected chi connectivity index (χ3v) is 5.46. The van der Waals surface area contributed by atoms with Gasteiger partial charge < -0.3 is 0 Å². The first-order valence-corrected chi connectivity index (χ1v) is 9.87. The average Bonchev–Trinajstić information content (AvgIpc) is 2.55. The molecule has 0 fully saturated rings. The highest BCUT2D eigenvalue weighted by atomic mass is 127. The van der Waals surface area contributed by atoms with E-state index >= 15 is 0 Å². The molecule has 0 aromatic heterocycles. The Labute approximate surface area is 186 Å². The fourth-order valence-corrected chi connectivity index (χ4v) is 3.44. The molecule has 0 aromatic rings. The minimum atomic E-state index is -8.23. The second-order valence-electron chi connectivity index (χ2n) is 7.47. The molecule has 1 unspecified atom stereocenters. The van der Waals surface area contributed by atoms with E-state index in [4.69, 9.17) is 0 Å². The van der Waals surface area contributed by atoms with Gasteiger partial charge >= 0.3 is 41.7 Å². The van der Waals surface area contributed by atoms with E-state index < -0.39 is 51.6 Å². The molecule has 0 heterocycles. The first-order valence-electron chi connectivity index (χ1n) is 8.79. The molecule has 32 heavy (non-hydrogen) atoms. The lowest BCUT2D eigenvalue weighted by Gasteiger charge is -2.42. The van der Waals surface area contributed by atoms with Crippen LogP contribution in [0.15, 0.2) is 0 Å². The van der Waals surface area contributed by atoms with Gasteiger partial charge in [0.2, 0.25) is 0 Å². The van der Waals surface area contributed by atoms with Gasteiger partial charge in [-0.25, -0.2) is 0 Å². The fourth-order valence-electron chi connectivity index (χ4n) is 2.58. The summed E-state index contributed by atoms with van der Waals surface area (Å²) in [6, 6.07) is 0. The van der Waals surface area contributed by atoms with E-state index in [2.05, 4.69) is 0 Å². The molecule has 0 aliphatic rings. The van der Waals surface area contributed by atoms with Crippen molar-refractivity contribution in [3.05, 3.63) is 0 Å². The Hall–Kier alpha value is -0.320. The van der Waals surface area contributed by atoms with Crippen LogP contribution in [0.1, 0.15) is 52.4 Å². The maximum Gasteiger partial charge on any atom is 0.460 e. The van der Waals surface area contributed by atoms with Gasteiger partial charge in [0.1, 0.15) is 0 Å². The van der Waals surface area contributed by atoms with Gasteiger partial charge in [-0.15, -0.1) is 0 Å². The summed E-state index contributed by atoms with van der Waals surface area (Å²) in [6.45, 7) is 2.59. The summed E-state index contributed by atoms with van der Waals surface area (Å²) < 4.78 is 196. The normalized spacial score (nSPS) is 17.4. The zero-order valence-electron chi connectivity index (χ0n) is 16.3. The highest BCUT2D eigenvalue weighted by Crippen LogP contribution is 2.63. The van der Waals surface area contributed by atoms with Crippen LogP contribution in [0.4, 0.5) is 65.9 Å². The molecule has 0 amide bonds. The molecule has 0 aliphatic carbocycles. The minimum absolute atomic E-state index is 0.108. The van der Waals surface area contributed by atoms with Crippen LogP contribution in [-0.2, 0) is 0 Å². The van der Waals surface area contributed by atoms with Crippen molar-refractivity contribution in [3.8, 4) is 0 Å². The van der Waals surface area contributed by atoms with Gasteiger partial charge in [0, 0.05) is 9.84 Å². The Balaban J connectivity index is 6.15. The number of hydrogen-bond donors (Lipinski definition) is 0. The molecule has 0 spiro atoms. The van der Waals surface area contributed by atoms with Crippen LogP contribution < -0.4 is 0 Å². The van der Waals surface area contributed by atoms with Crippen LogP contribution in [0.25, 0.3) is 0 Å². The lowest BCUT2D eigenvalue weighted by molar-refractivity contribution is -0.452. The van der Waals surface area contributed by atoms with Crippen LogP contribution in [0, 0.1) is 0 Å². The maximum atomic E-state index is 14.0. The van der Waals surface area contributed by atoms with E-state index in [1.165, 1.54) is 0 Å². The highest BCUT2D eigenvalue weighted by Gasteiger charge is 2.93. The molecule has 0 aliphatic heterocycles. The molecule has 16 heteroatoms. The Morgan fingerprint density at radius 1 is 0.531 bits per heavy atom. The predicted octanol–water partition coefficient (Wildman–Crippen LogP) is 8.91. The topological polar surface area (TPSA) is 0 Å². The van der Waals surface area contributed by atoms with Gasteiger partial charge in [-0.1, -0.05) is 62.1 Å². The lowest BCUT2D eigenvalue weighted by Crippen LogP contribution is -2.72. The van der Waals surface area contributed by atoms with Gasteiger partial charge in [0.25, 0.3) is 0 Å². The van der Waals surface area contributed by atoms with Gasteiger partial charge in [-0.05, 0) is 6.42 Å². The van der Waals surface area contributed by atoms with E-state index in [1.54, 1.807) is 6.92 Å². The predicted molar refractivity (Wildman–Crippen MR) is 91.5 cm³/mol. The number of unbranched alkanes of at least 4 members (excludes halogenated alkanes) is 3. The number of halogens is 16. The Kier molecular flexibility index (Phi) is 9.29. The third-order valence-electron chi connectivity index (χ3n) is 4.53. The first-order chi connectivity index (χ1) is 13.8. The molecule has 0 N–H and O–H groups in total. The average molecular weight is 622 g/mol. The Morgan fingerprint density at radius 2 is 0.906 bits per heavy atom. The summed E-state index contributed by atoms with van der Waals surface area (Å²) in [5.41, 5.74) is 0. The van der Waals surface area contributed by atoms with Crippen molar-refractivity contribution < 1.29 is 65.9 Å². The Morgan fingerprint density at radius 3 is 1.28 bits per heavy atom. The second-order valence-corrected chi connectivity index (χ2v) is 10.1. The van der Waals surface area contributed by atoms with Crippen molar-refractivity contribution in [1.82, 2.24) is 0 Å². The zero-order valence-corrected chi connectivity index (χ0v) is 18.4. The van der Waals surface area contributed by atoms with Gasteiger partial charge in [-0.3, -0.25) is 0 Å². The van der Waals surface area contributed by atoms with Crippen molar-refractivity contribution in [2.45, 2.75) is 97.5 Å². The van der Waals surface area contributed by atoms with Gasteiger partial charge in [-0.2, -0.15) is 65.9 Å². The van der Waals surface area contributed by atoms with Crippen molar-refractivity contribution in [2.24, 2.45) is 0 Å². The number of alkyl halides is 16. The minimum Gasteiger partial charge on any atom is -0.200 e. The number of rotatable bonds is 12. The highest BCUT2D eigenvalue weighted by molar-refractivity contribution is 14.1. The molecule has 0 rings (SSSR count). The fraction of sp³-hybridized carbons (Fsp3) is 1.00. The van der Waals surface area contributed by atoms with Crippen LogP contribution in [0.5, 0.6) is 0 Å². The lowest BCUT2D eigenvalue weighted by atomic mass is 9.86. The molecule has 194 valence electrons. The summed E-state index contributed by atoms with van der Waals surface area (Å²) >= 11 is 1.12. The van der Waals surface area contributed by atoms with E-state index in [0.717, 1.165) is 29.5 Å². The van der Waals surface area contributed by atoms with Crippen molar-refractivity contribution in [2.75, 3.05) is 0 Å². The quantitative estimate of drug-likeness (QED) is 0.0883. The van der Waals surface area contributed by atoms with E-state index in [9.17, 15) is 65.9 Å². The van der Waals surface area contributed by atoms with Crippen LogP contribution in [0.2, 0.25) is 0 Å². The monoisotopic (exact) mass is 622 g/mol. The molecule has 0 saturated carbocycles. The summed E-state index contributed by atoms with van der Waals surface area (Å²) in [5, 5.41) is 0. The summed E-state index contributed by atoms with van der Waals surface area (Å²) in [6.07, 6.45) is -8.47. The van der Waals surface area contributed by atoms with E-state index in [-0.39, 0.29) is 12.8 Å². The van der Waals surface area contributed by atoms with Crippen LogP contribution in [0.3, 0.4) is 0 Å². The van der Waals surface area contributed by atoms with E-state index in [1.807, 2.05) is 0 Å². The molecule has 0 saturated heterocycles. The van der Waals surface area contributed by atoms with Gasteiger partial charge in [0.05, 0.1) is 0 Å². The van der Waals surface area contributed by atoms with Crippen LogP contribution >= 0.6 is 22.6 Å². The van der Waals surface area contributed by atoms with Crippen molar-refractivity contribution >= 4 is 22.6 Å². The Bertz CT molecular complexity index is 621. The summed E-state index contributed by atoms with van der Waals surface area (Å²) in [5.74, 6) is -46.0. The van der Waals surface area contributed by atoms with Crippen molar-refractivity contribution in [1.29, 1.82) is 0 Å². The summed E-state index contributed by atoms with van der Waals surface area (Å²) in [4.78, 5) is 0. The molecule has 0 bridgehead atoms. The largest absolute Gasteiger partial charge is 0.460 e. The standard InChI is InChI=1S/C16H18F15I/c1-3-4-5-6-7-9(2,32)8-10(17,18)11(19,20)12(21,22)13(23,24)14(25,26)15(27,28)16(29,30)31/h3-8H2,1-2H3. The van der Waals surface area contributed by atoms with Crippen LogP contribution in [-0.4, -0.2) is 45.1 Å². The molecular weight excluding hydrogens is 604 g/mol. The van der Waals surface area contributed by atoms with Gasteiger partial charge in [0.15, 0.2) is 0 Å². The third kappa shape index (κ3) is 5.49. The number of hydrogen-bond acceptors (Lipinski definition) is 0. The molecule has 0 radical (unpaired) electrons. The smallest absolute Gasteiger partial charge is 0.200 e. The van der Waals surface area contributed by atoms with E-state index in [0.29, 0.717) is 19.3 Å². The SMILES string of the molecule is CCCCCCC(C)(I)CC(F)(F)C(F)(F)C(F)(F)C(F)(F)C(F)(F)C(F)(F)C(F)(F)F. The molecular formula is C16H18F15I.